The molecule has 104 valence electrons. The van der Waals surface area contributed by atoms with E-state index in [1.165, 1.54) is 11.1 Å². The average Bonchev–Trinajstić information content (AvgIpc) is 2.96. The summed E-state index contributed by atoms with van der Waals surface area (Å²) in [5.74, 6) is 5.43. The Balaban J connectivity index is 1.81. The Kier molecular flexibility index (Phi) is 3.72. The van der Waals surface area contributed by atoms with E-state index >= 15 is 0 Å². The third kappa shape index (κ3) is 2.81. The first-order valence-corrected chi connectivity index (χ1v) is 6.84. The fourth-order valence-electron chi connectivity index (χ4n) is 2.53. The van der Waals surface area contributed by atoms with Gasteiger partial charge in [-0.1, -0.05) is 42.2 Å². The molecule has 0 saturated heterocycles. The zero-order valence-corrected chi connectivity index (χ0v) is 11.5. The second kappa shape index (κ2) is 5.82. The van der Waals surface area contributed by atoms with Gasteiger partial charge in [0.05, 0.1) is 0 Å². The number of carbonyl (C=O) groups excluding carboxylic acids is 1. The highest BCUT2D eigenvalue weighted by Gasteiger charge is 2.23. The van der Waals surface area contributed by atoms with Crippen molar-refractivity contribution >= 4 is 5.91 Å². The van der Waals surface area contributed by atoms with Gasteiger partial charge in [-0.3, -0.25) is 4.79 Å². The molecule has 3 heteroatoms. The first kappa shape index (κ1) is 13.4. The van der Waals surface area contributed by atoms with Crippen molar-refractivity contribution in [2.75, 3.05) is 6.61 Å². The van der Waals surface area contributed by atoms with Gasteiger partial charge < -0.3 is 10.0 Å². The molecule has 0 spiro atoms. The molecule has 21 heavy (non-hydrogen) atoms. The molecule has 0 aromatic heterocycles. The standard InChI is InChI=1S/C18H15NO2/c20-10-4-6-14-5-3-9-15(11-14)18(21)19-12-16-7-1-2-8-17(16)13-19/h1-3,5,7-9,11,20H,10,12-13H2. The highest BCUT2D eigenvalue weighted by atomic mass is 16.2. The van der Waals surface area contributed by atoms with Crippen LogP contribution in [-0.4, -0.2) is 22.5 Å². The van der Waals surface area contributed by atoms with Gasteiger partial charge in [0, 0.05) is 24.2 Å². The number of aliphatic hydroxyl groups is 1. The fraction of sp³-hybridized carbons (Fsp3) is 0.167. The summed E-state index contributed by atoms with van der Waals surface area (Å²) >= 11 is 0. The van der Waals surface area contributed by atoms with E-state index in [9.17, 15) is 4.79 Å². The van der Waals surface area contributed by atoms with Crippen molar-refractivity contribution in [2.24, 2.45) is 0 Å². The molecule has 0 bridgehead atoms. The van der Waals surface area contributed by atoms with Crippen LogP contribution in [0.15, 0.2) is 48.5 Å². The third-order valence-corrected chi connectivity index (χ3v) is 3.55. The number of hydrogen-bond donors (Lipinski definition) is 1. The number of rotatable bonds is 1. The van der Waals surface area contributed by atoms with Crippen molar-refractivity contribution in [1.82, 2.24) is 4.90 Å². The fourth-order valence-corrected chi connectivity index (χ4v) is 2.53. The Morgan fingerprint density at radius 1 is 1.10 bits per heavy atom. The zero-order chi connectivity index (χ0) is 14.7. The lowest BCUT2D eigenvalue weighted by Gasteiger charge is -2.15. The lowest BCUT2D eigenvalue weighted by molar-refractivity contribution is 0.0751. The van der Waals surface area contributed by atoms with Crippen LogP contribution in [0.3, 0.4) is 0 Å². The van der Waals surface area contributed by atoms with Gasteiger partial charge in [0.15, 0.2) is 0 Å². The summed E-state index contributed by atoms with van der Waals surface area (Å²) in [6, 6.07) is 15.3. The minimum atomic E-state index is -0.181. The van der Waals surface area contributed by atoms with E-state index in [-0.39, 0.29) is 12.5 Å². The van der Waals surface area contributed by atoms with Crippen molar-refractivity contribution in [3.63, 3.8) is 0 Å². The van der Waals surface area contributed by atoms with E-state index in [1.54, 1.807) is 12.1 Å². The van der Waals surface area contributed by atoms with Gasteiger partial charge in [0.2, 0.25) is 0 Å². The first-order chi connectivity index (χ1) is 10.3. The van der Waals surface area contributed by atoms with Crippen LogP contribution in [0.5, 0.6) is 0 Å². The molecular formula is C18H15NO2. The molecule has 2 aromatic carbocycles. The molecular weight excluding hydrogens is 262 g/mol. The van der Waals surface area contributed by atoms with Crippen LogP contribution < -0.4 is 0 Å². The molecule has 1 heterocycles. The first-order valence-electron chi connectivity index (χ1n) is 6.84. The monoisotopic (exact) mass is 277 g/mol. The molecule has 0 atom stereocenters. The second-order valence-electron chi connectivity index (χ2n) is 4.97. The van der Waals surface area contributed by atoms with Crippen molar-refractivity contribution in [3.8, 4) is 11.8 Å². The Morgan fingerprint density at radius 2 is 1.81 bits per heavy atom. The maximum Gasteiger partial charge on any atom is 0.254 e. The topological polar surface area (TPSA) is 40.5 Å². The molecule has 0 radical (unpaired) electrons. The largest absolute Gasteiger partial charge is 0.384 e. The van der Waals surface area contributed by atoms with Gasteiger partial charge in [-0.15, -0.1) is 0 Å². The third-order valence-electron chi connectivity index (χ3n) is 3.55. The van der Waals surface area contributed by atoms with Crippen molar-refractivity contribution < 1.29 is 9.90 Å². The molecule has 2 aromatic rings. The molecule has 0 saturated carbocycles. The Morgan fingerprint density at radius 3 is 2.48 bits per heavy atom. The average molecular weight is 277 g/mol. The van der Waals surface area contributed by atoms with Gasteiger partial charge in [-0.25, -0.2) is 0 Å². The Labute approximate surface area is 123 Å². The molecule has 0 unspecified atom stereocenters. The predicted octanol–water partition coefficient (Wildman–Crippen LogP) is 2.19. The van der Waals surface area contributed by atoms with Crippen LogP contribution >= 0.6 is 0 Å². The minimum Gasteiger partial charge on any atom is -0.384 e. The van der Waals surface area contributed by atoms with Gasteiger partial charge >= 0.3 is 0 Å². The van der Waals surface area contributed by atoms with Crippen LogP contribution in [0.4, 0.5) is 0 Å². The van der Waals surface area contributed by atoms with E-state index in [2.05, 4.69) is 24.0 Å². The van der Waals surface area contributed by atoms with Crippen LogP contribution in [-0.2, 0) is 13.1 Å². The van der Waals surface area contributed by atoms with Crippen molar-refractivity contribution in [1.29, 1.82) is 0 Å². The quantitative estimate of drug-likeness (QED) is 0.812. The lowest BCUT2D eigenvalue weighted by Crippen LogP contribution is -2.25. The van der Waals surface area contributed by atoms with Crippen molar-refractivity contribution in [2.45, 2.75) is 13.1 Å². The summed E-state index contributed by atoms with van der Waals surface area (Å²) < 4.78 is 0. The SMILES string of the molecule is O=C(c1cccc(C#CCO)c1)N1Cc2ccccc2C1. The van der Waals surface area contributed by atoms with E-state index in [4.69, 9.17) is 5.11 Å². The van der Waals surface area contributed by atoms with Crippen molar-refractivity contribution in [3.05, 3.63) is 70.8 Å². The normalized spacial score (nSPS) is 12.5. The highest BCUT2D eigenvalue weighted by Crippen LogP contribution is 2.24. The number of aliphatic hydroxyl groups excluding tert-OH is 1. The molecule has 1 aliphatic heterocycles. The minimum absolute atomic E-state index is 0.0128. The van der Waals surface area contributed by atoms with Gasteiger partial charge in [-0.2, -0.15) is 0 Å². The summed E-state index contributed by atoms with van der Waals surface area (Å²) in [5.41, 5.74) is 3.79. The molecule has 0 aliphatic carbocycles. The summed E-state index contributed by atoms with van der Waals surface area (Å²) in [6.07, 6.45) is 0. The van der Waals surface area contributed by atoms with Gasteiger partial charge in [0.25, 0.3) is 5.91 Å². The molecule has 0 fully saturated rings. The molecule has 3 nitrogen and oxygen atoms in total. The number of fused-ring (bicyclic) bond motifs is 1. The molecule has 3 rings (SSSR count). The van der Waals surface area contributed by atoms with Crippen LogP contribution in [0.2, 0.25) is 0 Å². The van der Waals surface area contributed by atoms with Gasteiger partial charge in [-0.05, 0) is 29.3 Å². The maximum absolute atomic E-state index is 12.6. The zero-order valence-electron chi connectivity index (χ0n) is 11.5. The summed E-state index contributed by atoms with van der Waals surface area (Å²) in [6.45, 7) is 1.13. The number of benzene rings is 2. The van der Waals surface area contributed by atoms with Gasteiger partial charge in [0.1, 0.15) is 6.61 Å². The highest BCUT2D eigenvalue weighted by molar-refractivity contribution is 5.94. The summed E-state index contributed by atoms with van der Waals surface area (Å²) in [4.78, 5) is 14.4. The lowest BCUT2D eigenvalue weighted by atomic mass is 10.1. The Hall–Kier alpha value is -2.57. The predicted molar refractivity (Wildman–Crippen MR) is 80.4 cm³/mol. The smallest absolute Gasteiger partial charge is 0.254 e. The van der Waals surface area contributed by atoms with Crippen LogP contribution in [0, 0.1) is 11.8 Å². The second-order valence-corrected chi connectivity index (χ2v) is 4.97. The molecule has 1 N–H and O–H groups in total. The van der Waals surface area contributed by atoms with E-state index in [0.29, 0.717) is 18.7 Å². The molecule has 1 amide bonds. The number of amides is 1. The van der Waals surface area contributed by atoms with E-state index < -0.39 is 0 Å². The number of nitrogens with zero attached hydrogens (tertiary/aromatic N) is 1. The maximum atomic E-state index is 12.6. The van der Waals surface area contributed by atoms with Crippen LogP contribution in [0.25, 0.3) is 0 Å². The molecule has 1 aliphatic rings. The summed E-state index contributed by atoms with van der Waals surface area (Å²) in [7, 11) is 0. The Bertz CT molecular complexity index is 715. The number of hydrogen-bond acceptors (Lipinski definition) is 2. The van der Waals surface area contributed by atoms with E-state index in [1.807, 2.05) is 29.2 Å². The van der Waals surface area contributed by atoms with E-state index in [0.717, 1.165) is 5.56 Å². The summed E-state index contributed by atoms with van der Waals surface area (Å²) in [5, 5.41) is 8.73. The number of carbonyl (C=O) groups is 1. The van der Waals surface area contributed by atoms with Crippen LogP contribution in [0.1, 0.15) is 27.0 Å².